The maximum absolute atomic E-state index is 12.7. The van der Waals surface area contributed by atoms with Gasteiger partial charge in [0, 0.05) is 30.2 Å². The fraction of sp³-hybridized carbons (Fsp3) is 0.174. The molecule has 0 atom stereocenters. The van der Waals surface area contributed by atoms with Gasteiger partial charge in [-0.3, -0.25) is 19.3 Å². The molecule has 156 valence electrons. The molecule has 0 aliphatic carbocycles. The minimum atomic E-state index is -0.380. The highest BCUT2D eigenvalue weighted by Crippen LogP contribution is 2.25. The molecule has 1 aromatic heterocycles. The van der Waals surface area contributed by atoms with Gasteiger partial charge in [0.1, 0.15) is 5.75 Å². The number of aromatic nitrogens is 2. The lowest BCUT2D eigenvalue weighted by molar-refractivity contribution is 0.0652. The summed E-state index contributed by atoms with van der Waals surface area (Å²) in [6.45, 7) is 2.38. The van der Waals surface area contributed by atoms with E-state index in [0.717, 1.165) is 12.8 Å². The van der Waals surface area contributed by atoms with E-state index in [1.807, 2.05) is 6.92 Å². The van der Waals surface area contributed by atoms with Crippen LogP contribution in [-0.2, 0) is 0 Å². The van der Waals surface area contributed by atoms with E-state index in [1.165, 1.54) is 17.0 Å². The van der Waals surface area contributed by atoms with Gasteiger partial charge >= 0.3 is 6.01 Å². The molecular weight excluding hydrogens is 396 g/mol. The number of imide groups is 1. The normalized spacial score (nSPS) is 12.6. The number of hydrogen-bond acceptors (Lipinski definition) is 6. The summed E-state index contributed by atoms with van der Waals surface area (Å²) < 4.78 is 5.52. The lowest BCUT2D eigenvalue weighted by atomic mass is 10.1. The molecule has 3 amide bonds. The standard InChI is InChI=1S/C23H20N4O4/c1-2-3-13-27-21(29)18-10-5-15(14-19(18)22(27)30)20(28)26-16-6-8-17(9-7-16)31-23-24-11-4-12-25-23/h4-12,14H,2-3,13H2,1H3,(H,26,28). The molecule has 31 heavy (non-hydrogen) atoms. The number of nitrogens with zero attached hydrogens (tertiary/aromatic N) is 3. The average Bonchev–Trinajstić information content (AvgIpc) is 3.03. The van der Waals surface area contributed by atoms with Gasteiger partial charge in [-0.25, -0.2) is 9.97 Å². The third-order valence-electron chi connectivity index (χ3n) is 4.83. The first-order chi connectivity index (χ1) is 15.1. The molecule has 1 N–H and O–H groups in total. The second-order valence-corrected chi connectivity index (χ2v) is 6.99. The van der Waals surface area contributed by atoms with Crippen LogP contribution in [0, 0.1) is 0 Å². The number of ether oxygens (including phenoxy) is 1. The fourth-order valence-corrected chi connectivity index (χ4v) is 3.20. The summed E-state index contributed by atoms with van der Waals surface area (Å²) in [5, 5.41) is 2.78. The smallest absolute Gasteiger partial charge is 0.321 e. The largest absolute Gasteiger partial charge is 0.424 e. The van der Waals surface area contributed by atoms with Crippen LogP contribution in [0.15, 0.2) is 60.9 Å². The number of benzene rings is 2. The predicted molar refractivity (Wildman–Crippen MR) is 113 cm³/mol. The molecule has 0 unspecified atom stereocenters. The molecule has 8 heteroatoms. The van der Waals surface area contributed by atoms with Crippen LogP contribution in [0.2, 0.25) is 0 Å². The van der Waals surface area contributed by atoms with Crippen LogP contribution in [-0.4, -0.2) is 39.1 Å². The van der Waals surface area contributed by atoms with Gasteiger partial charge in [-0.1, -0.05) is 13.3 Å². The SMILES string of the molecule is CCCCN1C(=O)c2ccc(C(=O)Nc3ccc(Oc4ncccn4)cc3)cc2C1=O. The van der Waals surface area contributed by atoms with E-state index in [2.05, 4.69) is 15.3 Å². The van der Waals surface area contributed by atoms with Gasteiger partial charge in [0.15, 0.2) is 0 Å². The number of fused-ring (bicyclic) bond motifs is 1. The molecule has 0 spiro atoms. The third kappa shape index (κ3) is 4.28. The monoisotopic (exact) mass is 416 g/mol. The number of amides is 3. The molecule has 0 saturated heterocycles. The highest BCUT2D eigenvalue weighted by Gasteiger charge is 2.35. The third-order valence-corrected chi connectivity index (χ3v) is 4.83. The van der Waals surface area contributed by atoms with Gasteiger partial charge in [0.05, 0.1) is 11.1 Å². The van der Waals surface area contributed by atoms with E-state index >= 15 is 0 Å². The first kappa shape index (κ1) is 20.2. The molecule has 2 aromatic carbocycles. The summed E-state index contributed by atoms with van der Waals surface area (Å²) in [5.41, 5.74) is 1.46. The Morgan fingerprint density at radius 3 is 2.42 bits per heavy atom. The Hall–Kier alpha value is -4.07. The first-order valence-corrected chi connectivity index (χ1v) is 9.93. The van der Waals surface area contributed by atoms with E-state index < -0.39 is 0 Å². The van der Waals surface area contributed by atoms with Crippen molar-refractivity contribution in [3.05, 3.63) is 77.6 Å². The maximum atomic E-state index is 12.7. The molecule has 1 aliphatic heterocycles. The predicted octanol–water partition coefficient (Wildman–Crippen LogP) is 3.92. The summed E-state index contributed by atoms with van der Waals surface area (Å²) in [5.74, 6) is -0.515. The quantitative estimate of drug-likeness (QED) is 0.586. The van der Waals surface area contributed by atoms with Crippen molar-refractivity contribution in [2.75, 3.05) is 11.9 Å². The topological polar surface area (TPSA) is 101 Å². The van der Waals surface area contributed by atoms with E-state index in [-0.39, 0.29) is 29.3 Å². The van der Waals surface area contributed by atoms with Crippen molar-refractivity contribution in [1.29, 1.82) is 0 Å². The molecule has 0 radical (unpaired) electrons. The number of rotatable bonds is 7. The maximum Gasteiger partial charge on any atom is 0.321 e. The van der Waals surface area contributed by atoms with Crippen molar-refractivity contribution >= 4 is 23.4 Å². The van der Waals surface area contributed by atoms with Crippen molar-refractivity contribution in [2.45, 2.75) is 19.8 Å². The molecule has 2 heterocycles. The van der Waals surface area contributed by atoms with Gasteiger partial charge in [0.2, 0.25) is 0 Å². The van der Waals surface area contributed by atoms with Gasteiger partial charge in [-0.05, 0) is 55.0 Å². The summed E-state index contributed by atoms with van der Waals surface area (Å²) in [6.07, 6.45) is 4.78. The second-order valence-electron chi connectivity index (χ2n) is 6.99. The molecule has 0 saturated carbocycles. The van der Waals surface area contributed by atoms with Crippen LogP contribution in [0.5, 0.6) is 11.8 Å². The van der Waals surface area contributed by atoms with Crippen LogP contribution in [0.25, 0.3) is 0 Å². The van der Waals surface area contributed by atoms with E-state index in [9.17, 15) is 14.4 Å². The van der Waals surface area contributed by atoms with Crippen LogP contribution in [0.4, 0.5) is 5.69 Å². The summed E-state index contributed by atoms with van der Waals surface area (Å²) in [7, 11) is 0. The Balaban J connectivity index is 1.45. The molecule has 4 rings (SSSR count). The highest BCUT2D eigenvalue weighted by atomic mass is 16.5. The minimum absolute atomic E-state index is 0.227. The second kappa shape index (κ2) is 8.74. The van der Waals surface area contributed by atoms with Crippen LogP contribution in [0.1, 0.15) is 50.8 Å². The molecule has 1 aliphatic rings. The zero-order valence-corrected chi connectivity index (χ0v) is 16.9. The van der Waals surface area contributed by atoms with Crippen molar-refractivity contribution in [3.63, 3.8) is 0 Å². The molecular formula is C23H20N4O4. The Morgan fingerprint density at radius 2 is 1.71 bits per heavy atom. The average molecular weight is 416 g/mol. The van der Waals surface area contributed by atoms with Crippen molar-refractivity contribution < 1.29 is 19.1 Å². The summed E-state index contributed by atoms with van der Waals surface area (Å²) >= 11 is 0. The Labute approximate surface area is 178 Å². The summed E-state index contributed by atoms with van der Waals surface area (Å²) in [6, 6.07) is 13.2. The number of nitrogens with one attached hydrogen (secondary N) is 1. The Morgan fingerprint density at radius 1 is 1.00 bits per heavy atom. The van der Waals surface area contributed by atoms with E-state index in [0.29, 0.717) is 29.1 Å². The van der Waals surface area contributed by atoms with Crippen LogP contribution >= 0.6 is 0 Å². The van der Waals surface area contributed by atoms with E-state index in [1.54, 1.807) is 48.8 Å². The zero-order valence-electron chi connectivity index (χ0n) is 16.9. The number of carbonyl (C=O) groups is 3. The summed E-state index contributed by atoms with van der Waals surface area (Å²) in [4.78, 5) is 46.9. The Bertz CT molecular complexity index is 1130. The molecule has 0 bridgehead atoms. The lowest BCUT2D eigenvalue weighted by Crippen LogP contribution is -2.30. The molecule has 0 fully saturated rings. The number of hydrogen-bond donors (Lipinski definition) is 1. The molecule has 8 nitrogen and oxygen atoms in total. The molecule has 3 aromatic rings. The van der Waals surface area contributed by atoms with Gasteiger partial charge < -0.3 is 10.1 Å². The zero-order chi connectivity index (χ0) is 21.8. The van der Waals surface area contributed by atoms with Gasteiger partial charge in [0.25, 0.3) is 17.7 Å². The van der Waals surface area contributed by atoms with Crippen molar-refractivity contribution in [2.24, 2.45) is 0 Å². The van der Waals surface area contributed by atoms with Crippen LogP contribution in [0.3, 0.4) is 0 Å². The minimum Gasteiger partial charge on any atom is -0.424 e. The Kier molecular flexibility index (Phi) is 5.70. The number of unbranched alkanes of at least 4 members (excludes halogenated alkanes) is 1. The van der Waals surface area contributed by atoms with Crippen molar-refractivity contribution in [1.82, 2.24) is 14.9 Å². The van der Waals surface area contributed by atoms with Crippen molar-refractivity contribution in [3.8, 4) is 11.8 Å². The highest BCUT2D eigenvalue weighted by molar-refractivity contribution is 6.22. The van der Waals surface area contributed by atoms with E-state index in [4.69, 9.17) is 4.74 Å². The number of carbonyl (C=O) groups excluding carboxylic acids is 3. The van der Waals surface area contributed by atoms with Crippen LogP contribution < -0.4 is 10.1 Å². The first-order valence-electron chi connectivity index (χ1n) is 9.93. The van der Waals surface area contributed by atoms with Gasteiger partial charge in [-0.15, -0.1) is 0 Å². The lowest BCUT2D eigenvalue weighted by Gasteiger charge is -2.12. The fourth-order valence-electron chi connectivity index (χ4n) is 3.20. The van der Waals surface area contributed by atoms with Gasteiger partial charge in [-0.2, -0.15) is 0 Å². The number of anilines is 1.